The molecule has 0 bridgehead atoms. The summed E-state index contributed by atoms with van der Waals surface area (Å²) in [6.45, 7) is 2.04. The SMILES string of the molecule is CC(Br)=CCc1ccccc1. The monoisotopic (exact) mass is 210 g/mol. The Morgan fingerprint density at radius 1 is 1.36 bits per heavy atom. The second kappa shape index (κ2) is 4.35. The van der Waals surface area contributed by atoms with Crippen molar-refractivity contribution in [2.24, 2.45) is 0 Å². The third kappa shape index (κ3) is 3.38. The van der Waals surface area contributed by atoms with Gasteiger partial charge < -0.3 is 0 Å². The zero-order chi connectivity index (χ0) is 8.10. The van der Waals surface area contributed by atoms with Gasteiger partial charge >= 0.3 is 0 Å². The van der Waals surface area contributed by atoms with Gasteiger partial charge in [-0.1, -0.05) is 52.3 Å². The predicted molar refractivity (Wildman–Crippen MR) is 52.8 cm³/mol. The second-order valence-electron chi connectivity index (χ2n) is 2.48. The third-order valence-corrected chi connectivity index (χ3v) is 1.79. The molecule has 0 saturated carbocycles. The minimum atomic E-state index is 1.01. The number of benzene rings is 1. The van der Waals surface area contributed by atoms with Gasteiger partial charge in [0.2, 0.25) is 0 Å². The smallest absolute Gasteiger partial charge is 0.00866 e. The van der Waals surface area contributed by atoms with Crippen LogP contribution in [0.3, 0.4) is 0 Å². The van der Waals surface area contributed by atoms with Crippen LogP contribution in [0.5, 0.6) is 0 Å². The lowest BCUT2D eigenvalue weighted by Crippen LogP contribution is -1.78. The van der Waals surface area contributed by atoms with Crippen molar-refractivity contribution < 1.29 is 0 Å². The second-order valence-corrected chi connectivity index (χ2v) is 3.73. The molecule has 0 aliphatic heterocycles. The zero-order valence-corrected chi connectivity index (χ0v) is 8.14. The highest BCUT2D eigenvalue weighted by Crippen LogP contribution is 2.06. The Kier molecular flexibility index (Phi) is 3.37. The van der Waals surface area contributed by atoms with Crippen molar-refractivity contribution in [3.63, 3.8) is 0 Å². The maximum atomic E-state index is 3.39. The average molecular weight is 211 g/mol. The zero-order valence-electron chi connectivity index (χ0n) is 6.55. The molecule has 0 fully saturated rings. The molecule has 1 aromatic carbocycles. The van der Waals surface area contributed by atoms with Crippen molar-refractivity contribution in [1.29, 1.82) is 0 Å². The van der Waals surface area contributed by atoms with E-state index >= 15 is 0 Å². The largest absolute Gasteiger partial charge is 0.0703 e. The van der Waals surface area contributed by atoms with E-state index < -0.39 is 0 Å². The molecule has 11 heavy (non-hydrogen) atoms. The van der Waals surface area contributed by atoms with E-state index in [0.29, 0.717) is 0 Å². The molecule has 0 radical (unpaired) electrons. The summed E-state index contributed by atoms with van der Waals surface area (Å²) in [5.74, 6) is 0. The van der Waals surface area contributed by atoms with E-state index in [-0.39, 0.29) is 0 Å². The Balaban J connectivity index is 2.59. The summed E-state index contributed by atoms with van der Waals surface area (Å²) in [6, 6.07) is 10.4. The highest BCUT2D eigenvalue weighted by molar-refractivity contribution is 9.11. The molecule has 0 aromatic heterocycles. The number of rotatable bonds is 2. The molecule has 58 valence electrons. The fourth-order valence-corrected chi connectivity index (χ4v) is 1.03. The molecule has 1 heteroatoms. The molecule has 0 spiro atoms. The first kappa shape index (κ1) is 8.54. The molecule has 0 saturated heterocycles. The van der Waals surface area contributed by atoms with E-state index in [4.69, 9.17) is 0 Å². The summed E-state index contributed by atoms with van der Waals surface area (Å²) in [4.78, 5) is 0. The van der Waals surface area contributed by atoms with Crippen molar-refractivity contribution in [1.82, 2.24) is 0 Å². The van der Waals surface area contributed by atoms with Gasteiger partial charge in [-0.05, 0) is 23.4 Å². The van der Waals surface area contributed by atoms with Gasteiger partial charge in [0.15, 0.2) is 0 Å². The maximum Gasteiger partial charge on any atom is -0.00866 e. The van der Waals surface area contributed by atoms with Crippen LogP contribution >= 0.6 is 15.9 Å². The van der Waals surface area contributed by atoms with Crippen molar-refractivity contribution in [2.75, 3.05) is 0 Å². The third-order valence-electron chi connectivity index (χ3n) is 1.46. The molecule has 0 N–H and O–H groups in total. The first-order valence-electron chi connectivity index (χ1n) is 3.65. The van der Waals surface area contributed by atoms with Gasteiger partial charge in [-0.25, -0.2) is 0 Å². The molecule has 0 aliphatic carbocycles. The van der Waals surface area contributed by atoms with E-state index in [1.165, 1.54) is 10.0 Å². The number of hydrogen-bond donors (Lipinski definition) is 0. The van der Waals surface area contributed by atoms with Crippen LogP contribution in [-0.4, -0.2) is 0 Å². The van der Waals surface area contributed by atoms with Crippen molar-refractivity contribution >= 4 is 15.9 Å². The maximum absolute atomic E-state index is 3.39. The highest BCUT2D eigenvalue weighted by Gasteiger charge is 1.86. The molecule has 0 heterocycles. The van der Waals surface area contributed by atoms with Crippen LogP contribution in [0.4, 0.5) is 0 Å². The lowest BCUT2D eigenvalue weighted by atomic mass is 10.1. The number of halogens is 1. The molecule has 1 aromatic rings. The van der Waals surface area contributed by atoms with Crippen LogP contribution < -0.4 is 0 Å². The van der Waals surface area contributed by atoms with Gasteiger partial charge in [0.05, 0.1) is 0 Å². The van der Waals surface area contributed by atoms with Crippen LogP contribution in [0.1, 0.15) is 12.5 Å². The van der Waals surface area contributed by atoms with Gasteiger partial charge in [-0.2, -0.15) is 0 Å². The molecular formula is C10H11Br. The van der Waals surface area contributed by atoms with Gasteiger partial charge in [0, 0.05) is 0 Å². The Hall–Kier alpha value is -0.560. The van der Waals surface area contributed by atoms with Gasteiger partial charge in [-0.15, -0.1) is 0 Å². The van der Waals surface area contributed by atoms with Gasteiger partial charge in [0.1, 0.15) is 0 Å². The summed E-state index contributed by atoms with van der Waals surface area (Å²) in [7, 11) is 0. The molecular weight excluding hydrogens is 200 g/mol. The molecule has 0 atom stereocenters. The minimum Gasteiger partial charge on any atom is -0.0703 e. The normalized spacial score (nSPS) is 11.6. The molecule has 0 unspecified atom stereocenters. The lowest BCUT2D eigenvalue weighted by Gasteiger charge is -1.93. The first-order chi connectivity index (χ1) is 5.29. The summed E-state index contributed by atoms with van der Waals surface area (Å²) >= 11 is 3.39. The standard InChI is InChI=1S/C10H11Br/c1-9(11)7-8-10-5-3-2-4-6-10/h2-7H,8H2,1H3. The quantitative estimate of drug-likeness (QED) is 0.701. The van der Waals surface area contributed by atoms with Crippen LogP contribution in [0, 0.1) is 0 Å². The Morgan fingerprint density at radius 3 is 2.55 bits per heavy atom. The van der Waals surface area contributed by atoms with E-state index in [0.717, 1.165) is 6.42 Å². The fourth-order valence-electron chi connectivity index (χ4n) is 0.873. The Morgan fingerprint density at radius 2 is 2.00 bits per heavy atom. The van der Waals surface area contributed by atoms with E-state index in [1.54, 1.807) is 0 Å². The molecule has 1 rings (SSSR count). The summed E-state index contributed by atoms with van der Waals surface area (Å²) in [6.07, 6.45) is 3.17. The van der Waals surface area contributed by atoms with Crippen molar-refractivity contribution in [3.05, 3.63) is 46.5 Å². The minimum absolute atomic E-state index is 1.01. The first-order valence-corrected chi connectivity index (χ1v) is 4.44. The van der Waals surface area contributed by atoms with Gasteiger partial charge in [-0.3, -0.25) is 0 Å². The average Bonchev–Trinajstić information content (AvgIpc) is 2.03. The summed E-state index contributed by atoms with van der Waals surface area (Å²) < 4.78 is 1.20. The van der Waals surface area contributed by atoms with Crippen LogP contribution in [-0.2, 0) is 6.42 Å². The lowest BCUT2D eigenvalue weighted by molar-refractivity contribution is 1.26. The Bertz CT molecular complexity index is 232. The van der Waals surface area contributed by atoms with E-state index in [2.05, 4.69) is 46.3 Å². The van der Waals surface area contributed by atoms with Crippen LogP contribution in [0.25, 0.3) is 0 Å². The summed E-state index contributed by atoms with van der Waals surface area (Å²) in [5.41, 5.74) is 1.35. The van der Waals surface area contributed by atoms with Crippen molar-refractivity contribution in [2.45, 2.75) is 13.3 Å². The fraction of sp³-hybridized carbons (Fsp3) is 0.200. The topological polar surface area (TPSA) is 0 Å². The highest BCUT2D eigenvalue weighted by atomic mass is 79.9. The van der Waals surface area contributed by atoms with Crippen LogP contribution in [0.15, 0.2) is 40.9 Å². The predicted octanol–water partition coefficient (Wildman–Crippen LogP) is 3.53. The van der Waals surface area contributed by atoms with Crippen LogP contribution in [0.2, 0.25) is 0 Å². The number of allylic oxidation sites excluding steroid dienone is 2. The van der Waals surface area contributed by atoms with E-state index in [9.17, 15) is 0 Å². The van der Waals surface area contributed by atoms with E-state index in [1.807, 2.05) is 13.0 Å². The van der Waals surface area contributed by atoms with Crippen molar-refractivity contribution in [3.8, 4) is 0 Å². The summed E-state index contributed by atoms with van der Waals surface area (Å²) in [5, 5.41) is 0. The van der Waals surface area contributed by atoms with Gasteiger partial charge in [0.25, 0.3) is 0 Å². The molecule has 0 nitrogen and oxygen atoms in total. The number of hydrogen-bond acceptors (Lipinski definition) is 0. The Labute approximate surface area is 76.1 Å². The molecule has 0 amide bonds. The molecule has 0 aliphatic rings.